The number of carboxylic acids is 1. The molecule has 60 valence electrons. The van der Waals surface area contributed by atoms with Gasteiger partial charge in [-0.1, -0.05) is 6.58 Å². The first kappa shape index (κ1) is 12.3. The van der Waals surface area contributed by atoms with Gasteiger partial charge in [0, 0.05) is 15.9 Å². The first-order chi connectivity index (χ1) is 4.37. The van der Waals surface area contributed by atoms with Gasteiger partial charge in [-0.25, -0.2) is 4.79 Å². The number of halogens is 1. The van der Waals surface area contributed by atoms with Gasteiger partial charge >= 0.3 is 5.97 Å². The lowest BCUT2D eigenvalue weighted by atomic mass is 10.4. The molecule has 0 fully saturated rings. The molecule has 0 heterocycles. The van der Waals surface area contributed by atoms with Crippen LogP contribution in [-0.2, 0) is 15.1 Å². The first-order valence-electron chi connectivity index (χ1n) is 2.02. The minimum atomic E-state index is -2.39. The number of hydrogen-bond acceptors (Lipinski definition) is 3. The monoisotopic (exact) mass is 185 g/mol. The zero-order valence-corrected chi connectivity index (χ0v) is 6.74. The Balaban J connectivity index is 0. The Bertz CT molecular complexity index is 139. The molecule has 0 aliphatic heterocycles. The van der Waals surface area contributed by atoms with Crippen molar-refractivity contribution in [2.75, 3.05) is 0 Å². The Hall–Kier alpha value is -0.390. The van der Waals surface area contributed by atoms with E-state index in [0.717, 1.165) is 0 Å². The van der Waals surface area contributed by atoms with Gasteiger partial charge in [-0.2, -0.15) is 0 Å². The van der Waals surface area contributed by atoms with Crippen LogP contribution in [0.15, 0.2) is 12.2 Å². The molecule has 1 unspecified atom stereocenters. The molecule has 0 bridgehead atoms. The Labute approximate surface area is 65.3 Å². The summed E-state index contributed by atoms with van der Waals surface area (Å²) in [4.78, 5) is 9.60. The Morgan fingerprint density at radius 1 is 1.80 bits per heavy atom. The van der Waals surface area contributed by atoms with Crippen molar-refractivity contribution in [3.63, 3.8) is 0 Å². The van der Waals surface area contributed by atoms with Crippen LogP contribution in [0.2, 0.25) is 0 Å². The van der Waals surface area contributed by atoms with Gasteiger partial charge in [0.2, 0.25) is 0 Å². The van der Waals surface area contributed by atoms with Gasteiger partial charge in [0.1, 0.15) is 0 Å². The maximum atomic E-state index is 9.60. The molecule has 1 atom stereocenters. The molecular formula is C4H6ClO4S-. The molecule has 0 aliphatic carbocycles. The van der Waals surface area contributed by atoms with E-state index in [9.17, 15) is 4.79 Å². The van der Waals surface area contributed by atoms with E-state index in [4.69, 9.17) is 13.9 Å². The van der Waals surface area contributed by atoms with E-state index in [2.05, 4.69) is 17.3 Å². The summed E-state index contributed by atoms with van der Waals surface area (Å²) in [7, 11) is 1.80. The van der Waals surface area contributed by atoms with E-state index in [1.165, 1.54) is 6.92 Å². The van der Waals surface area contributed by atoms with Crippen molar-refractivity contribution in [2.45, 2.75) is 6.92 Å². The predicted molar refractivity (Wildman–Crippen MR) is 37.2 cm³/mol. The van der Waals surface area contributed by atoms with E-state index in [-0.39, 0.29) is 5.57 Å². The van der Waals surface area contributed by atoms with Crippen LogP contribution in [-0.4, -0.2) is 19.8 Å². The molecule has 0 saturated carbocycles. The van der Waals surface area contributed by atoms with Gasteiger partial charge in [0.05, 0.1) is 0 Å². The number of aliphatic carboxylic acids is 1. The largest absolute Gasteiger partial charge is 0.760 e. The second-order valence-electron chi connectivity index (χ2n) is 1.28. The van der Waals surface area contributed by atoms with E-state index in [1.807, 2.05) is 0 Å². The zero-order chi connectivity index (χ0) is 8.73. The van der Waals surface area contributed by atoms with Crippen molar-refractivity contribution in [3.8, 4) is 0 Å². The molecule has 1 N–H and O–H groups in total. The van der Waals surface area contributed by atoms with E-state index in [0.29, 0.717) is 0 Å². The third-order valence-electron chi connectivity index (χ3n) is 0.365. The Kier molecular flexibility index (Phi) is 8.27. The van der Waals surface area contributed by atoms with Gasteiger partial charge in [0.25, 0.3) is 0 Å². The third kappa shape index (κ3) is 25.5. The van der Waals surface area contributed by atoms with Crippen LogP contribution in [0.4, 0.5) is 0 Å². The highest BCUT2D eigenvalue weighted by molar-refractivity contribution is 8.03. The molecule has 0 saturated heterocycles. The molecular weight excluding hydrogens is 180 g/mol. The highest BCUT2D eigenvalue weighted by Gasteiger charge is 1.90. The van der Waals surface area contributed by atoms with Gasteiger partial charge in [0.15, 0.2) is 0 Å². The fourth-order valence-electron chi connectivity index (χ4n) is 0. The molecule has 0 aromatic heterocycles. The van der Waals surface area contributed by atoms with Crippen LogP contribution in [0.25, 0.3) is 0 Å². The van der Waals surface area contributed by atoms with Crippen molar-refractivity contribution >= 4 is 26.9 Å². The smallest absolute Gasteiger partial charge is 0.330 e. The van der Waals surface area contributed by atoms with Crippen molar-refractivity contribution in [2.24, 2.45) is 0 Å². The molecule has 0 aromatic rings. The second kappa shape index (κ2) is 6.73. The van der Waals surface area contributed by atoms with Gasteiger partial charge in [-0.3, -0.25) is 4.21 Å². The number of carboxylic acid groups (broad SMARTS) is 1. The Morgan fingerprint density at radius 2 is 1.90 bits per heavy atom. The van der Waals surface area contributed by atoms with Gasteiger partial charge in [-0.05, 0) is 17.6 Å². The van der Waals surface area contributed by atoms with Crippen LogP contribution in [0.3, 0.4) is 0 Å². The molecule has 0 amide bonds. The highest BCUT2D eigenvalue weighted by Crippen LogP contribution is 1.81. The quantitative estimate of drug-likeness (QED) is 0.370. The SMILES string of the molecule is C=C(C)C(=O)O.O=S([O-])Cl. The van der Waals surface area contributed by atoms with Gasteiger partial charge in [-0.15, -0.1) is 0 Å². The Morgan fingerprint density at radius 3 is 1.90 bits per heavy atom. The molecule has 10 heavy (non-hydrogen) atoms. The number of rotatable bonds is 1. The van der Waals surface area contributed by atoms with E-state index < -0.39 is 16.3 Å². The molecule has 0 rings (SSSR count). The summed E-state index contributed by atoms with van der Waals surface area (Å²) in [5.41, 5.74) is 0.176. The highest BCUT2D eigenvalue weighted by atomic mass is 35.7. The summed E-state index contributed by atoms with van der Waals surface area (Å²) in [6.07, 6.45) is 0. The van der Waals surface area contributed by atoms with E-state index in [1.54, 1.807) is 0 Å². The van der Waals surface area contributed by atoms with Crippen molar-refractivity contribution in [3.05, 3.63) is 12.2 Å². The topological polar surface area (TPSA) is 77.4 Å². The summed E-state index contributed by atoms with van der Waals surface area (Å²) >= 11 is 0. The predicted octanol–water partition coefficient (Wildman–Crippen LogP) is 0.666. The number of hydrogen-bond donors (Lipinski definition) is 1. The number of carbonyl (C=O) groups is 1. The molecule has 4 nitrogen and oxygen atoms in total. The minimum absolute atomic E-state index is 0.176. The molecule has 6 heteroatoms. The molecule has 0 aromatic carbocycles. The van der Waals surface area contributed by atoms with Gasteiger partial charge < -0.3 is 9.66 Å². The average Bonchev–Trinajstić information content (AvgIpc) is 1.63. The lowest BCUT2D eigenvalue weighted by Gasteiger charge is -1.80. The summed E-state index contributed by atoms with van der Waals surface area (Å²) < 4.78 is 17.5. The van der Waals surface area contributed by atoms with E-state index >= 15 is 0 Å². The molecule has 0 spiro atoms. The van der Waals surface area contributed by atoms with Crippen LogP contribution >= 0.6 is 10.7 Å². The standard InChI is InChI=1S/C4H6O2.ClHO2S/c1-3(2)4(5)6;1-4(2)3/h1H2,2H3,(H,5,6);(H,2,3)/p-1. The fraction of sp³-hybridized carbons (Fsp3) is 0.250. The lowest BCUT2D eigenvalue weighted by molar-refractivity contribution is -0.132. The normalized spacial score (nSPS) is 10.7. The maximum absolute atomic E-state index is 9.60. The molecule has 0 aliphatic rings. The van der Waals surface area contributed by atoms with Crippen LogP contribution in [0.5, 0.6) is 0 Å². The minimum Gasteiger partial charge on any atom is -0.760 e. The van der Waals surface area contributed by atoms with Crippen LogP contribution < -0.4 is 0 Å². The van der Waals surface area contributed by atoms with Crippen molar-refractivity contribution in [1.82, 2.24) is 0 Å². The van der Waals surface area contributed by atoms with Crippen LogP contribution in [0, 0.1) is 0 Å². The average molecular weight is 186 g/mol. The lowest BCUT2D eigenvalue weighted by Crippen LogP contribution is -1.92. The third-order valence-corrected chi connectivity index (χ3v) is 0.365. The summed E-state index contributed by atoms with van der Waals surface area (Å²) in [5, 5.41) is 7.89. The zero-order valence-electron chi connectivity index (χ0n) is 5.17. The second-order valence-corrected chi connectivity index (χ2v) is 2.42. The summed E-state index contributed by atoms with van der Waals surface area (Å²) in [6.45, 7) is 4.60. The van der Waals surface area contributed by atoms with Crippen molar-refractivity contribution in [1.29, 1.82) is 0 Å². The molecule has 0 radical (unpaired) electrons. The summed E-state index contributed by atoms with van der Waals surface area (Å²) in [6, 6.07) is 0. The first-order valence-corrected chi connectivity index (χ1v) is 3.92. The van der Waals surface area contributed by atoms with Crippen molar-refractivity contribution < 1.29 is 18.7 Å². The maximum Gasteiger partial charge on any atom is 0.330 e. The summed E-state index contributed by atoms with van der Waals surface area (Å²) in [5.74, 6) is -0.935. The van der Waals surface area contributed by atoms with Crippen LogP contribution in [0.1, 0.15) is 6.92 Å². The fourth-order valence-corrected chi connectivity index (χ4v) is 0.